The number of nitrogen functional groups attached to an aromatic ring is 2. The lowest BCUT2D eigenvalue weighted by Gasteiger charge is -2.31. The fourth-order valence-electron chi connectivity index (χ4n) is 5.72. The number of aromatic amines is 2. The predicted molar refractivity (Wildman–Crippen MR) is 162 cm³/mol. The van der Waals surface area contributed by atoms with Gasteiger partial charge in [-0.25, -0.2) is 26.7 Å². The van der Waals surface area contributed by atoms with E-state index in [-0.39, 0.29) is 34.2 Å². The van der Waals surface area contributed by atoms with Gasteiger partial charge in [-0.2, -0.15) is 0 Å². The molecule has 3 unspecified atom stereocenters. The van der Waals surface area contributed by atoms with Gasteiger partial charge in [0, 0.05) is 0 Å². The average molecular weight is 818 g/mol. The zero-order chi connectivity index (χ0) is 38.9. The van der Waals surface area contributed by atoms with Gasteiger partial charge >= 0.3 is 19.1 Å². The number of hydrogen-bond donors (Lipinski definition) is 8. The largest absolute Gasteiger partial charge is 0.756 e. The molecule has 2 saturated heterocycles. The van der Waals surface area contributed by atoms with Crippen LogP contribution in [0.4, 0.5) is 16.3 Å². The monoisotopic (exact) mass is 818 g/mol. The van der Waals surface area contributed by atoms with E-state index < -0.39 is 96.9 Å². The van der Waals surface area contributed by atoms with Crippen LogP contribution in [0.15, 0.2) is 22.2 Å². The summed E-state index contributed by atoms with van der Waals surface area (Å²) in [6.45, 7) is -2.39. The lowest BCUT2D eigenvalue weighted by atomic mass is 10.1. The molecule has 0 spiro atoms. The molecule has 31 heteroatoms. The highest BCUT2D eigenvalue weighted by Crippen LogP contribution is 2.64. The van der Waals surface area contributed by atoms with E-state index in [2.05, 4.69) is 37.6 Å². The molecule has 53 heavy (non-hydrogen) atoms. The number of phosphoric acid groups is 3. The van der Waals surface area contributed by atoms with Gasteiger partial charge in [-0.15, -0.1) is 0 Å². The molecule has 0 aliphatic carbocycles. The van der Waals surface area contributed by atoms with Crippen LogP contribution in [0, 0.1) is 0 Å². The number of fused-ring (bicyclic) bond motifs is 2. The number of ether oxygens (including phenoxy) is 2. The summed E-state index contributed by atoms with van der Waals surface area (Å²) in [7, 11) is -15.3. The van der Waals surface area contributed by atoms with Gasteiger partial charge < -0.3 is 55.5 Å². The van der Waals surface area contributed by atoms with E-state index in [1.807, 2.05) is 0 Å². The van der Waals surface area contributed by atoms with Gasteiger partial charge in [0.05, 0.1) is 27.3 Å². The van der Waals surface area contributed by atoms with Crippen LogP contribution >= 0.6 is 23.5 Å². The minimum Gasteiger partial charge on any atom is -0.756 e. The van der Waals surface area contributed by atoms with Crippen LogP contribution in [0.2, 0.25) is 0 Å². The molecular formula is C22H30FN10O17P3. The molecule has 4 aromatic rings. The summed E-state index contributed by atoms with van der Waals surface area (Å²) >= 11 is 0. The Hall–Kier alpha value is -3.56. The van der Waals surface area contributed by atoms with Crippen molar-refractivity contribution >= 4 is 57.7 Å². The normalized spacial score (nSPS) is 29.8. The Kier molecular flexibility index (Phi) is 10.3. The zero-order valence-electron chi connectivity index (χ0n) is 26.8. The van der Waals surface area contributed by atoms with E-state index in [4.69, 9.17) is 20.9 Å². The summed E-state index contributed by atoms with van der Waals surface area (Å²) in [6.07, 6.45) is -12.2. The molecule has 6 rings (SSSR count). The Morgan fingerprint density at radius 3 is 1.85 bits per heavy atom. The van der Waals surface area contributed by atoms with Crippen molar-refractivity contribution in [3.63, 3.8) is 0 Å². The summed E-state index contributed by atoms with van der Waals surface area (Å²) in [5.41, 5.74) is 9.51. The molecule has 292 valence electrons. The van der Waals surface area contributed by atoms with Gasteiger partial charge in [0.2, 0.25) is 23.5 Å². The molecule has 4 aromatic heterocycles. The molecular weight excluding hydrogens is 788 g/mol. The van der Waals surface area contributed by atoms with E-state index in [1.165, 1.54) is 35.9 Å². The Balaban J connectivity index is 1.05. The zero-order valence-corrected chi connectivity index (χ0v) is 29.5. The number of aliphatic hydroxyl groups is 3. The minimum absolute atomic E-state index is 0.0111. The van der Waals surface area contributed by atoms with E-state index in [0.717, 1.165) is 9.13 Å². The van der Waals surface area contributed by atoms with Crippen molar-refractivity contribution in [2.75, 3.05) is 24.7 Å². The maximum atomic E-state index is 15.1. The molecule has 2 fully saturated rings. The van der Waals surface area contributed by atoms with E-state index in [9.17, 15) is 53.3 Å². The topological polar surface area (TPSA) is 395 Å². The highest BCUT2D eigenvalue weighted by atomic mass is 31.3. The number of phosphoric ester groups is 2. The SMILES string of the molecule is Cn1c[n+]([C@@H]2O[C@H](COP(=O)([O-])OP(=O)([O-])OP(=O)(O)OC[C@@H]3O[C@H]([n+]4cn(C)c5c(=O)[nH]c(N)nc54)[C@@H](F)[C@H]3O)[C@@H](O)[C@H]2O)c2nc(N)[nH]c(=O)c21. The highest BCUT2D eigenvalue weighted by Gasteiger charge is 2.50. The van der Waals surface area contributed by atoms with Gasteiger partial charge in [-0.05, 0) is 0 Å². The van der Waals surface area contributed by atoms with Crippen molar-refractivity contribution in [2.24, 2.45) is 14.1 Å². The summed E-state index contributed by atoms with van der Waals surface area (Å²) in [6, 6.07) is 0. The van der Waals surface area contributed by atoms with Crippen LogP contribution in [0.25, 0.3) is 22.3 Å². The number of rotatable bonds is 12. The number of H-pyrrole nitrogens is 2. The van der Waals surface area contributed by atoms with Crippen molar-refractivity contribution in [1.29, 1.82) is 0 Å². The molecule has 0 saturated carbocycles. The van der Waals surface area contributed by atoms with Crippen molar-refractivity contribution in [3.8, 4) is 0 Å². The molecule has 27 nitrogen and oxygen atoms in total. The number of nitrogens with zero attached hydrogens (tertiary/aromatic N) is 6. The maximum Gasteiger partial charge on any atom is 0.478 e. The average Bonchev–Trinajstić information content (AvgIpc) is 3.71. The van der Waals surface area contributed by atoms with Crippen LogP contribution in [-0.2, 0) is 54.9 Å². The third kappa shape index (κ3) is 7.71. The number of nitrogens with one attached hydrogen (secondary N) is 2. The Bertz CT molecular complexity index is 2180. The summed E-state index contributed by atoms with van der Waals surface area (Å²) in [5.74, 6) is -0.628. The number of nitrogens with two attached hydrogens (primary N) is 2. The number of alkyl halides is 1. The van der Waals surface area contributed by atoms with Crippen LogP contribution in [0.1, 0.15) is 12.5 Å². The second-order valence-electron chi connectivity index (χ2n) is 11.7. The Morgan fingerprint density at radius 2 is 1.30 bits per heavy atom. The third-order valence-electron chi connectivity index (χ3n) is 7.96. The highest BCUT2D eigenvalue weighted by molar-refractivity contribution is 7.65. The third-order valence-corrected chi connectivity index (χ3v) is 12.1. The number of halogens is 1. The minimum atomic E-state index is -6.34. The van der Waals surface area contributed by atoms with E-state index >= 15 is 4.39 Å². The first-order chi connectivity index (χ1) is 24.6. The van der Waals surface area contributed by atoms with Gasteiger partial charge in [-0.3, -0.25) is 42.3 Å². The molecule has 0 amide bonds. The second kappa shape index (κ2) is 13.9. The molecule has 0 bridgehead atoms. The van der Waals surface area contributed by atoms with Crippen molar-refractivity contribution in [2.45, 2.75) is 49.1 Å². The van der Waals surface area contributed by atoms with Crippen LogP contribution in [0.3, 0.4) is 0 Å². The quantitative estimate of drug-likeness (QED) is 0.0488. The number of aromatic nitrogens is 8. The van der Waals surface area contributed by atoms with E-state index in [1.54, 1.807) is 0 Å². The fourth-order valence-corrected chi connectivity index (χ4v) is 9.14. The first-order valence-corrected chi connectivity index (χ1v) is 19.2. The second-order valence-corrected chi connectivity index (χ2v) is 16.2. The lowest BCUT2D eigenvalue weighted by molar-refractivity contribution is -0.745. The van der Waals surface area contributed by atoms with Crippen LogP contribution in [-0.4, -0.2) is 99.2 Å². The van der Waals surface area contributed by atoms with Crippen molar-refractivity contribution < 1.29 is 84.4 Å². The van der Waals surface area contributed by atoms with Gasteiger partial charge in [-0.1, -0.05) is 9.97 Å². The van der Waals surface area contributed by atoms with Crippen molar-refractivity contribution in [3.05, 3.63) is 33.4 Å². The molecule has 10 N–H and O–H groups in total. The summed E-state index contributed by atoms with van der Waals surface area (Å²) in [5, 5.41) is 31.4. The first kappa shape index (κ1) is 39.1. The summed E-state index contributed by atoms with van der Waals surface area (Å²) in [4.78, 5) is 71.6. The Labute approximate surface area is 292 Å². The smallest absolute Gasteiger partial charge is 0.478 e. The molecule has 6 heterocycles. The first-order valence-electron chi connectivity index (χ1n) is 14.8. The molecule has 11 atom stereocenters. The standard InChI is InChI=1S/C22H30FN10O17P3/c1-30-5-32(15-10(30)17(37)28-21(24)26-15)19-9(23)12(34)7(47-19)3-45-51(39,40)49-53(43,44)50-52(41,42)46-4-8-13(35)14(36)20(48-8)33-6-31(2)11-16(33)27-22(25)29-18(11)38/h5-9,12-14,19-20,34-36H,3-4H2,1-2H3,(H7-2,24,25,26,27,28,29,37,38,39,40,41,42,43,44)/t7-,8+,9-,12-,13+,14+,19-,20+/m0/s1. The van der Waals surface area contributed by atoms with Gasteiger partial charge in [0.15, 0.2) is 18.8 Å². The predicted octanol–water partition coefficient (Wildman–Crippen LogP) is -5.40. The van der Waals surface area contributed by atoms with Gasteiger partial charge in [0.25, 0.3) is 38.7 Å². The van der Waals surface area contributed by atoms with Crippen LogP contribution in [0.5, 0.6) is 0 Å². The fraction of sp³-hybridized carbons (Fsp3) is 0.545. The number of aryl methyl sites for hydroxylation is 2. The van der Waals surface area contributed by atoms with E-state index in [0.29, 0.717) is 0 Å². The number of aliphatic hydroxyl groups excluding tert-OH is 3. The number of hydrogen-bond acceptors (Lipinski definition) is 20. The number of imidazole rings is 2. The molecule has 0 radical (unpaired) electrons. The molecule has 2 aliphatic rings. The van der Waals surface area contributed by atoms with Gasteiger partial charge in [0.1, 0.15) is 30.5 Å². The molecule has 2 aliphatic heterocycles. The summed E-state index contributed by atoms with van der Waals surface area (Å²) < 4.78 is 84.4. The van der Waals surface area contributed by atoms with Crippen molar-refractivity contribution in [1.82, 2.24) is 29.1 Å². The number of anilines is 2. The molecule has 0 aromatic carbocycles. The van der Waals surface area contributed by atoms with Crippen LogP contribution < -0.4 is 41.5 Å². The maximum absolute atomic E-state index is 15.1. The lowest BCUT2D eigenvalue weighted by Crippen LogP contribution is -2.46. The Morgan fingerprint density at radius 1 is 0.830 bits per heavy atom.